The van der Waals surface area contributed by atoms with Gasteiger partial charge in [-0.15, -0.1) is 0 Å². The molecule has 1 atom stereocenters. The summed E-state index contributed by atoms with van der Waals surface area (Å²) in [4.78, 5) is 13.9. The Hall–Kier alpha value is -2.80. The Bertz CT molecular complexity index is 1020. The molecule has 1 aromatic heterocycles. The van der Waals surface area contributed by atoms with Gasteiger partial charge in [0, 0.05) is 36.5 Å². The van der Waals surface area contributed by atoms with Gasteiger partial charge in [-0.2, -0.15) is 13.2 Å². The number of aryl methyl sites for hydroxylation is 1. The first-order chi connectivity index (χ1) is 14.2. The van der Waals surface area contributed by atoms with Crippen LogP contribution in [0.4, 0.5) is 13.2 Å². The second-order valence-electron chi connectivity index (χ2n) is 7.90. The molecule has 0 saturated heterocycles. The summed E-state index contributed by atoms with van der Waals surface area (Å²) in [6.07, 6.45) is -2.44. The summed E-state index contributed by atoms with van der Waals surface area (Å²) in [6.45, 7) is 1.29. The number of hydrogen-bond acceptors (Lipinski definition) is 1. The number of nitrogens with zero attached hydrogens (tertiary/aromatic N) is 1. The molecule has 0 saturated carbocycles. The number of amides is 1. The molecule has 3 rings (SSSR count). The normalized spacial score (nSPS) is 13.0. The van der Waals surface area contributed by atoms with Gasteiger partial charge in [0.1, 0.15) is 0 Å². The fourth-order valence-electron chi connectivity index (χ4n) is 3.70. The number of carbonyl (C=O) groups is 1. The van der Waals surface area contributed by atoms with Gasteiger partial charge in [0.05, 0.1) is 32.7 Å². The van der Waals surface area contributed by atoms with E-state index < -0.39 is 17.7 Å². The number of hydrogen-bond donors (Lipinski definition) is 2. The molecule has 0 aliphatic rings. The maximum atomic E-state index is 13.3. The molecule has 1 amide bonds. The molecule has 0 spiro atoms. The van der Waals surface area contributed by atoms with Crippen molar-refractivity contribution in [3.8, 4) is 0 Å². The summed E-state index contributed by atoms with van der Waals surface area (Å²) >= 11 is 0. The summed E-state index contributed by atoms with van der Waals surface area (Å²) < 4.78 is 41.9. The Kier molecular flexibility index (Phi) is 6.51. The number of fused-ring (bicyclic) bond motifs is 1. The molecular formula is C23H27F3N3O+. The van der Waals surface area contributed by atoms with Crippen LogP contribution in [0, 0.1) is 0 Å². The zero-order valence-corrected chi connectivity index (χ0v) is 17.4. The first-order valence-corrected chi connectivity index (χ1v) is 9.93. The maximum Gasteiger partial charge on any atom is 0.416 e. The lowest BCUT2D eigenvalue weighted by molar-refractivity contribution is -0.856. The second-order valence-corrected chi connectivity index (χ2v) is 7.90. The predicted molar refractivity (Wildman–Crippen MR) is 112 cm³/mol. The highest BCUT2D eigenvalue weighted by Gasteiger charge is 2.32. The summed E-state index contributed by atoms with van der Waals surface area (Å²) in [6, 6.07) is 13.0. The zero-order valence-electron chi connectivity index (χ0n) is 17.4. The van der Waals surface area contributed by atoms with E-state index in [2.05, 4.69) is 5.32 Å². The zero-order chi connectivity index (χ0) is 21.9. The van der Waals surface area contributed by atoms with Gasteiger partial charge in [0.25, 0.3) is 0 Å². The lowest BCUT2D eigenvalue weighted by atomic mass is 9.87. The van der Waals surface area contributed by atoms with E-state index in [0.29, 0.717) is 12.1 Å². The van der Waals surface area contributed by atoms with Crippen LogP contribution in [0.25, 0.3) is 10.9 Å². The van der Waals surface area contributed by atoms with Crippen molar-refractivity contribution in [2.45, 2.75) is 18.5 Å². The molecule has 7 heteroatoms. The molecule has 0 bridgehead atoms. The summed E-state index contributed by atoms with van der Waals surface area (Å²) in [5, 5.41) is 3.83. The maximum absolute atomic E-state index is 13.3. The number of alkyl halides is 3. The third-order valence-electron chi connectivity index (χ3n) is 5.26. The fraction of sp³-hybridized carbons (Fsp3) is 0.348. The Morgan fingerprint density at radius 1 is 1.13 bits per heavy atom. The van der Waals surface area contributed by atoms with Crippen LogP contribution in [0.1, 0.15) is 29.0 Å². The summed E-state index contributed by atoms with van der Waals surface area (Å²) in [5.74, 6) is -0.656. The second kappa shape index (κ2) is 8.92. The van der Waals surface area contributed by atoms with Crippen molar-refractivity contribution in [1.29, 1.82) is 0 Å². The standard InChI is InChI=1S/C23H26F3N3O/c1-28(2)12-11-27-22(30)14-19(16-7-6-8-17(13-16)23(24,25)26)20-15-29(3)21-10-5-4-9-18(20)21/h4-10,13,15,19H,11-12,14H2,1-3H3,(H,27,30)/p+1/t19-/m0/s1. The highest BCUT2D eigenvalue weighted by atomic mass is 19.4. The number of benzene rings is 2. The summed E-state index contributed by atoms with van der Waals surface area (Å²) in [5.41, 5.74) is 1.60. The van der Waals surface area contributed by atoms with E-state index in [4.69, 9.17) is 0 Å². The molecule has 0 radical (unpaired) electrons. The largest absolute Gasteiger partial charge is 0.416 e. The number of likely N-dealkylation sites (N-methyl/N-ethyl adjacent to an activating group) is 1. The van der Waals surface area contributed by atoms with Crippen molar-refractivity contribution in [2.75, 3.05) is 27.2 Å². The van der Waals surface area contributed by atoms with Crippen molar-refractivity contribution < 1.29 is 22.9 Å². The average molecular weight is 418 g/mol. The van der Waals surface area contributed by atoms with E-state index in [0.717, 1.165) is 35.1 Å². The lowest BCUT2D eigenvalue weighted by Crippen LogP contribution is -3.06. The van der Waals surface area contributed by atoms with Gasteiger partial charge in [-0.25, -0.2) is 0 Å². The van der Waals surface area contributed by atoms with E-state index in [-0.39, 0.29) is 12.3 Å². The molecular weight excluding hydrogens is 391 g/mol. The number of quaternary nitrogens is 1. The van der Waals surface area contributed by atoms with E-state index in [1.807, 2.05) is 56.2 Å². The third kappa shape index (κ3) is 5.02. The Labute approximate surface area is 174 Å². The topological polar surface area (TPSA) is 38.5 Å². The molecule has 0 unspecified atom stereocenters. The molecule has 30 heavy (non-hydrogen) atoms. The summed E-state index contributed by atoms with van der Waals surface area (Å²) in [7, 11) is 5.89. The van der Waals surface area contributed by atoms with E-state index in [9.17, 15) is 18.0 Å². The third-order valence-corrected chi connectivity index (χ3v) is 5.26. The first kappa shape index (κ1) is 21.9. The van der Waals surface area contributed by atoms with Crippen LogP contribution in [0.5, 0.6) is 0 Å². The number of halogens is 3. The van der Waals surface area contributed by atoms with Crippen molar-refractivity contribution in [3.05, 3.63) is 71.4 Å². The van der Waals surface area contributed by atoms with Crippen LogP contribution in [0.2, 0.25) is 0 Å². The van der Waals surface area contributed by atoms with Gasteiger partial charge >= 0.3 is 6.18 Å². The highest BCUT2D eigenvalue weighted by molar-refractivity contribution is 5.86. The fourth-order valence-corrected chi connectivity index (χ4v) is 3.70. The molecule has 0 aliphatic heterocycles. The van der Waals surface area contributed by atoms with Crippen LogP contribution in [0.15, 0.2) is 54.7 Å². The molecule has 4 nitrogen and oxygen atoms in total. The minimum atomic E-state index is -4.43. The average Bonchev–Trinajstić information content (AvgIpc) is 3.02. The van der Waals surface area contributed by atoms with Crippen molar-refractivity contribution in [2.24, 2.45) is 7.05 Å². The molecule has 2 aromatic carbocycles. The quantitative estimate of drug-likeness (QED) is 0.608. The number of nitrogens with one attached hydrogen (secondary N) is 2. The smallest absolute Gasteiger partial charge is 0.350 e. The number of rotatable bonds is 7. The Balaban J connectivity index is 2.00. The van der Waals surface area contributed by atoms with E-state index >= 15 is 0 Å². The van der Waals surface area contributed by atoms with Gasteiger partial charge in [0.15, 0.2) is 0 Å². The van der Waals surface area contributed by atoms with Gasteiger partial charge in [-0.3, -0.25) is 4.79 Å². The van der Waals surface area contributed by atoms with Gasteiger partial charge < -0.3 is 14.8 Å². The molecule has 160 valence electrons. The molecule has 3 aromatic rings. The minimum absolute atomic E-state index is 0.0814. The molecule has 1 heterocycles. The van der Waals surface area contributed by atoms with Crippen molar-refractivity contribution >= 4 is 16.8 Å². The van der Waals surface area contributed by atoms with E-state index in [1.54, 1.807) is 6.07 Å². The highest BCUT2D eigenvalue weighted by Crippen LogP contribution is 2.37. The van der Waals surface area contributed by atoms with Crippen LogP contribution in [-0.2, 0) is 18.0 Å². The Morgan fingerprint density at radius 3 is 2.57 bits per heavy atom. The molecule has 0 aliphatic carbocycles. The van der Waals surface area contributed by atoms with Gasteiger partial charge in [0.2, 0.25) is 5.91 Å². The van der Waals surface area contributed by atoms with Crippen LogP contribution >= 0.6 is 0 Å². The number of aromatic nitrogens is 1. The lowest BCUT2D eigenvalue weighted by Gasteiger charge is -2.19. The molecule has 2 N–H and O–H groups in total. The minimum Gasteiger partial charge on any atom is -0.350 e. The first-order valence-electron chi connectivity index (χ1n) is 9.93. The van der Waals surface area contributed by atoms with Crippen LogP contribution in [-0.4, -0.2) is 37.7 Å². The SMILES string of the molecule is Cn1cc([C@@H](CC(=O)NCC[NH+](C)C)c2cccc(C(F)(F)F)c2)c2ccccc21. The Morgan fingerprint density at radius 2 is 1.87 bits per heavy atom. The van der Waals surface area contributed by atoms with Gasteiger partial charge in [-0.05, 0) is 23.3 Å². The van der Waals surface area contributed by atoms with Gasteiger partial charge in [-0.1, -0.05) is 36.4 Å². The van der Waals surface area contributed by atoms with E-state index in [1.165, 1.54) is 11.0 Å². The number of para-hydroxylation sites is 1. The monoisotopic (exact) mass is 418 g/mol. The molecule has 0 fully saturated rings. The number of carbonyl (C=O) groups excluding carboxylic acids is 1. The van der Waals surface area contributed by atoms with Crippen LogP contribution in [0.3, 0.4) is 0 Å². The van der Waals surface area contributed by atoms with Crippen LogP contribution < -0.4 is 10.2 Å². The predicted octanol–water partition coefficient (Wildman–Crippen LogP) is 2.98. The van der Waals surface area contributed by atoms with Crippen molar-refractivity contribution in [1.82, 2.24) is 9.88 Å². The van der Waals surface area contributed by atoms with Crippen molar-refractivity contribution in [3.63, 3.8) is 0 Å².